The minimum absolute atomic E-state index is 0.00929. The molecular formula is C10H9N5O2. The van der Waals surface area contributed by atoms with Gasteiger partial charge in [-0.05, 0) is 19.1 Å². The van der Waals surface area contributed by atoms with Crippen LogP contribution in [-0.4, -0.2) is 25.9 Å². The highest BCUT2D eigenvalue weighted by Crippen LogP contribution is 2.07. The summed E-state index contributed by atoms with van der Waals surface area (Å²) in [6.07, 6.45) is 2.98. The number of anilines is 1. The zero-order valence-corrected chi connectivity index (χ0v) is 8.99. The van der Waals surface area contributed by atoms with E-state index in [2.05, 4.69) is 19.9 Å². The SMILES string of the molecule is Cc1nc(N)nc(OC(=O)c2ccncc2)n1. The second-order valence-corrected chi connectivity index (χ2v) is 3.15. The van der Waals surface area contributed by atoms with Crippen LogP contribution in [0, 0.1) is 6.92 Å². The first-order chi connectivity index (χ1) is 8.15. The van der Waals surface area contributed by atoms with Gasteiger partial charge >= 0.3 is 12.0 Å². The Labute approximate surface area is 96.7 Å². The van der Waals surface area contributed by atoms with Gasteiger partial charge in [0.25, 0.3) is 0 Å². The third-order valence-corrected chi connectivity index (χ3v) is 1.84. The number of nitrogen functional groups attached to an aromatic ring is 1. The summed E-state index contributed by atoms with van der Waals surface area (Å²) in [5.74, 6) is -0.178. The molecule has 0 aromatic carbocycles. The standard InChI is InChI=1S/C10H9N5O2/c1-6-13-9(11)15-10(14-6)17-8(16)7-2-4-12-5-3-7/h2-5H,1H3,(H2,11,13,14,15). The number of carbonyl (C=O) groups excluding carboxylic acids is 1. The molecule has 7 nitrogen and oxygen atoms in total. The Morgan fingerprint density at radius 2 is 1.94 bits per heavy atom. The second kappa shape index (κ2) is 4.52. The van der Waals surface area contributed by atoms with Gasteiger partial charge in [0.15, 0.2) is 0 Å². The largest absolute Gasteiger partial charge is 0.387 e. The zero-order valence-electron chi connectivity index (χ0n) is 8.99. The highest BCUT2D eigenvalue weighted by molar-refractivity contribution is 5.90. The lowest BCUT2D eigenvalue weighted by Gasteiger charge is -2.03. The number of ether oxygens (including phenoxy) is 1. The molecule has 0 aliphatic heterocycles. The number of hydrogen-bond acceptors (Lipinski definition) is 7. The Morgan fingerprint density at radius 1 is 1.24 bits per heavy atom. The van der Waals surface area contributed by atoms with Crippen molar-refractivity contribution in [2.75, 3.05) is 5.73 Å². The number of esters is 1. The van der Waals surface area contributed by atoms with Gasteiger partial charge in [0.1, 0.15) is 5.82 Å². The Bertz CT molecular complexity index is 523. The number of aryl methyl sites for hydroxylation is 1. The highest BCUT2D eigenvalue weighted by atomic mass is 16.5. The molecule has 0 amide bonds. The fourth-order valence-corrected chi connectivity index (χ4v) is 1.15. The summed E-state index contributed by atoms with van der Waals surface area (Å²) >= 11 is 0. The van der Waals surface area contributed by atoms with Crippen molar-refractivity contribution in [3.63, 3.8) is 0 Å². The van der Waals surface area contributed by atoms with Crippen molar-refractivity contribution in [1.82, 2.24) is 19.9 Å². The number of rotatable bonds is 2. The first-order valence-electron chi connectivity index (χ1n) is 4.75. The van der Waals surface area contributed by atoms with Crippen LogP contribution in [0.1, 0.15) is 16.2 Å². The van der Waals surface area contributed by atoms with Crippen LogP contribution in [0.3, 0.4) is 0 Å². The molecule has 0 spiro atoms. The molecule has 0 aliphatic carbocycles. The van der Waals surface area contributed by atoms with E-state index in [9.17, 15) is 4.79 Å². The molecule has 0 saturated carbocycles. The van der Waals surface area contributed by atoms with Crippen LogP contribution in [0.5, 0.6) is 6.01 Å². The molecule has 2 rings (SSSR count). The van der Waals surface area contributed by atoms with Crippen molar-refractivity contribution in [2.24, 2.45) is 0 Å². The van der Waals surface area contributed by atoms with Gasteiger partial charge in [0.05, 0.1) is 5.56 Å². The summed E-state index contributed by atoms with van der Waals surface area (Å²) in [5.41, 5.74) is 5.77. The third-order valence-electron chi connectivity index (χ3n) is 1.84. The molecule has 0 aliphatic rings. The van der Waals surface area contributed by atoms with E-state index >= 15 is 0 Å². The van der Waals surface area contributed by atoms with E-state index in [4.69, 9.17) is 10.5 Å². The Balaban J connectivity index is 2.19. The molecule has 0 unspecified atom stereocenters. The van der Waals surface area contributed by atoms with Gasteiger partial charge < -0.3 is 10.5 Å². The smallest absolute Gasteiger partial charge is 0.346 e. The normalized spacial score (nSPS) is 9.94. The van der Waals surface area contributed by atoms with Crippen molar-refractivity contribution in [3.05, 3.63) is 35.9 Å². The Morgan fingerprint density at radius 3 is 2.59 bits per heavy atom. The number of carbonyl (C=O) groups is 1. The molecule has 17 heavy (non-hydrogen) atoms. The molecule has 0 atom stereocenters. The maximum Gasteiger partial charge on any atom is 0.346 e. The molecule has 2 aromatic heterocycles. The van der Waals surface area contributed by atoms with Crippen LogP contribution < -0.4 is 10.5 Å². The van der Waals surface area contributed by atoms with Crippen LogP contribution in [0.25, 0.3) is 0 Å². The average Bonchev–Trinajstić information content (AvgIpc) is 2.28. The lowest BCUT2D eigenvalue weighted by Crippen LogP contribution is -2.12. The van der Waals surface area contributed by atoms with Gasteiger partial charge in [-0.3, -0.25) is 4.98 Å². The number of pyridine rings is 1. The van der Waals surface area contributed by atoms with Crippen molar-refractivity contribution >= 4 is 11.9 Å². The topological polar surface area (TPSA) is 104 Å². The van der Waals surface area contributed by atoms with E-state index in [1.807, 2.05) is 0 Å². The summed E-state index contributed by atoms with van der Waals surface area (Å²) in [6.45, 7) is 1.63. The predicted molar refractivity (Wildman–Crippen MR) is 58.2 cm³/mol. The van der Waals surface area contributed by atoms with Crippen LogP contribution in [0.4, 0.5) is 5.95 Å². The summed E-state index contributed by atoms with van der Waals surface area (Å²) in [6, 6.07) is 2.94. The van der Waals surface area contributed by atoms with Crippen molar-refractivity contribution in [1.29, 1.82) is 0 Å². The fourth-order valence-electron chi connectivity index (χ4n) is 1.15. The van der Waals surface area contributed by atoms with Crippen molar-refractivity contribution < 1.29 is 9.53 Å². The molecule has 0 bridgehead atoms. The maximum absolute atomic E-state index is 11.6. The minimum Gasteiger partial charge on any atom is -0.387 e. The number of nitrogens with two attached hydrogens (primary N) is 1. The third kappa shape index (κ3) is 2.71. The van der Waals surface area contributed by atoms with E-state index < -0.39 is 5.97 Å². The average molecular weight is 231 g/mol. The van der Waals surface area contributed by atoms with E-state index in [1.165, 1.54) is 24.5 Å². The lowest BCUT2D eigenvalue weighted by atomic mass is 10.3. The molecule has 2 heterocycles. The Hall–Kier alpha value is -2.57. The first kappa shape index (κ1) is 10.9. The Kier molecular flexibility index (Phi) is 2.91. The first-order valence-corrected chi connectivity index (χ1v) is 4.75. The summed E-state index contributed by atoms with van der Waals surface area (Å²) in [7, 11) is 0. The second-order valence-electron chi connectivity index (χ2n) is 3.15. The predicted octanol–water partition coefficient (Wildman–Crippen LogP) is 0.376. The van der Waals surface area contributed by atoms with E-state index in [-0.39, 0.29) is 12.0 Å². The fraction of sp³-hybridized carbons (Fsp3) is 0.100. The van der Waals surface area contributed by atoms with Crippen molar-refractivity contribution in [2.45, 2.75) is 6.92 Å². The van der Waals surface area contributed by atoms with Gasteiger partial charge in [-0.25, -0.2) is 4.79 Å². The quantitative estimate of drug-likeness (QED) is 0.745. The van der Waals surface area contributed by atoms with Gasteiger partial charge in [0, 0.05) is 12.4 Å². The molecule has 2 aromatic rings. The molecule has 0 fully saturated rings. The molecule has 7 heteroatoms. The summed E-state index contributed by atoms with van der Waals surface area (Å²) in [5, 5.41) is 0. The molecule has 0 saturated heterocycles. The molecule has 0 radical (unpaired) electrons. The van der Waals surface area contributed by atoms with Crippen LogP contribution >= 0.6 is 0 Å². The summed E-state index contributed by atoms with van der Waals surface area (Å²) in [4.78, 5) is 26.7. The number of hydrogen-bond donors (Lipinski definition) is 1. The van der Waals surface area contributed by atoms with Gasteiger partial charge in [-0.15, -0.1) is 0 Å². The molecule has 2 N–H and O–H groups in total. The number of nitrogens with zero attached hydrogens (tertiary/aromatic N) is 4. The highest BCUT2D eigenvalue weighted by Gasteiger charge is 2.11. The van der Waals surface area contributed by atoms with Crippen molar-refractivity contribution in [3.8, 4) is 6.01 Å². The van der Waals surface area contributed by atoms with E-state index in [1.54, 1.807) is 6.92 Å². The molecule has 86 valence electrons. The molecular weight excluding hydrogens is 222 g/mol. The van der Waals surface area contributed by atoms with Crippen LogP contribution in [0.2, 0.25) is 0 Å². The van der Waals surface area contributed by atoms with Gasteiger partial charge in [0.2, 0.25) is 5.95 Å². The van der Waals surface area contributed by atoms with E-state index in [0.29, 0.717) is 11.4 Å². The minimum atomic E-state index is -0.572. The van der Waals surface area contributed by atoms with Gasteiger partial charge in [-0.2, -0.15) is 15.0 Å². The van der Waals surface area contributed by atoms with Crippen LogP contribution in [-0.2, 0) is 0 Å². The number of aromatic nitrogens is 4. The maximum atomic E-state index is 11.6. The summed E-state index contributed by atoms with van der Waals surface area (Å²) < 4.78 is 4.95. The lowest BCUT2D eigenvalue weighted by molar-refractivity contribution is 0.0719. The van der Waals surface area contributed by atoms with E-state index in [0.717, 1.165) is 0 Å². The van der Waals surface area contributed by atoms with Crippen LogP contribution in [0.15, 0.2) is 24.5 Å². The van der Waals surface area contributed by atoms with Gasteiger partial charge in [-0.1, -0.05) is 0 Å². The monoisotopic (exact) mass is 231 g/mol. The zero-order chi connectivity index (χ0) is 12.3.